The van der Waals surface area contributed by atoms with Crippen LogP contribution in [0.5, 0.6) is 0 Å². The van der Waals surface area contributed by atoms with E-state index in [1.807, 2.05) is 0 Å². The van der Waals surface area contributed by atoms with Crippen LogP contribution < -0.4 is 10.0 Å². The number of nitrogens with one attached hydrogen (secondary N) is 2. The fourth-order valence-corrected chi connectivity index (χ4v) is 4.65. The van der Waals surface area contributed by atoms with Gasteiger partial charge in [0.2, 0.25) is 10.0 Å². The molecule has 0 aromatic rings. The van der Waals surface area contributed by atoms with Crippen LogP contribution in [0.1, 0.15) is 51.4 Å². The summed E-state index contributed by atoms with van der Waals surface area (Å²) in [5, 5.41) is 3.02. The summed E-state index contributed by atoms with van der Waals surface area (Å²) in [6, 6.07) is 0. The molecule has 0 aromatic heterocycles. The third kappa shape index (κ3) is 4.21. The van der Waals surface area contributed by atoms with Crippen LogP contribution in [0.4, 0.5) is 0 Å². The quantitative estimate of drug-likeness (QED) is 0.724. The van der Waals surface area contributed by atoms with Crippen molar-refractivity contribution in [2.45, 2.75) is 56.6 Å². The molecule has 106 valence electrons. The second-order valence-corrected chi connectivity index (χ2v) is 7.73. The molecule has 1 saturated carbocycles. The van der Waals surface area contributed by atoms with Gasteiger partial charge in [-0.15, -0.1) is 0 Å². The average Bonchev–Trinajstić information content (AvgIpc) is 2.89. The molecule has 1 aliphatic carbocycles. The largest absolute Gasteiger partial charge is 0.317 e. The van der Waals surface area contributed by atoms with Crippen LogP contribution in [0.2, 0.25) is 0 Å². The Morgan fingerprint density at radius 2 is 1.72 bits per heavy atom. The van der Waals surface area contributed by atoms with E-state index in [1.165, 1.54) is 32.1 Å². The van der Waals surface area contributed by atoms with E-state index >= 15 is 0 Å². The second-order valence-electron chi connectivity index (χ2n) is 5.68. The topological polar surface area (TPSA) is 58.2 Å². The molecular formula is C13H26N2O2S. The zero-order chi connectivity index (χ0) is 12.8. The summed E-state index contributed by atoms with van der Waals surface area (Å²) in [4.78, 5) is 0. The zero-order valence-electron chi connectivity index (χ0n) is 11.2. The highest BCUT2D eigenvalue weighted by Gasteiger charge is 2.26. The van der Waals surface area contributed by atoms with Crippen molar-refractivity contribution in [3.05, 3.63) is 0 Å². The van der Waals surface area contributed by atoms with Crippen LogP contribution in [0.3, 0.4) is 0 Å². The molecule has 0 aromatic carbocycles. The Kier molecular flexibility index (Phi) is 5.45. The van der Waals surface area contributed by atoms with Crippen molar-refractivity contribution in [3.8, 4) is 0 Å². The lowest BCUT2D eigenvalue weighted by Crippen LogP contribution is -2.41. The van der Waals surface area contributed by atoms with Gasteiger partial charge < -0.3 is 5.32 Å². The SMILES string of the molecule is O=S(=O)(NCCCC1CCCC1)C1CCNCC1. The summed E-state index contributed by atoms with van der Waals surface area (Å²) in [6.07, 6.45) is 9.11. The molecule has 0 atom stereocenters. The Labute approximate surface area is 111 Å². The first-order chi connectivity index (χ1) is 8.68. The number of rotatable bonds is 6. The fourth-order valence-electron chi connectivity index (χ4n) is 3.13. The minimum atomic E-state index is -3.07. The van der Waals surface area contributed by atoms with Crippen molar-refractivity contribution in [3.63, 3.8) is 0 Å². The molecule has 1 heterocycles. The lowest BCUT2D eigenvalue weighted by atomic mass is 10.0. The summed E-state index contributed by atoms with van der Waals surface area (Å²) < 4.78 is 26.9. The molecule has 0 radical (unpaired) electrons. The van der Waals surface area contributed by atoms with Gasteiger partial charge in [-0.1, -0.05) is 25.7 Å². The molecule has 2 rings (SSSR count). The molecule has 1 aliphatic heterocycles. The predicted molar refractivity (Wildman–Crippen MR) is 74.0 cm³/mol. The monoisotopic (exact) mass is 274 g/mol. The first kappa shape index (κ1) is 14.3. The van der Waals surface area contributed by atoms with Gasteiger partial charge in [0.1, 0.15) is 0 Å². The van der Waals surface area contributed by atoms with Gasteiger partial charge in [0.25, 0.3) is 0 Å². The smallest absolute Gasteiger partial charge is 0.214 e. The number of piperidine rings is 1. The van der Waals surface area contributed by atoms with Gasteiger partial charge >= 0.3 is 0 Å². The van der Waals surface area contributed by atoms with Gasteiger partial charge in [-0.2, -0.15) is 0 Å². The first-order valence-electron chi connectivity index (χ1n) is 7.38. The van der Waals surface area contributed by atoms with Crippen molar-refractivity contribution in [2.24, 2.45) is 5.92 Å². The van der Waals surface area contributed by atoms with E-state index in [-0.39, 0.29) is 5.25 Å². The minimum Gasteiger partial charge on any atom is -0.317 e. The number of hydrogen-bond donors (Lipinski definition) is 2. The van der Waals surface area contributed by atoms with E-state index in [0.29, 0.717) is 6.54 Å². The van der Waals surface area contributed by atoms with E-state index in [0.717, 1.165) is 38.3 Å². The molecular weight excluding hydrogens is 248 g/mol. The van der Waals surface area contributed by atoms with Crippen molar-refractivity contribution in [2.75, 3.05) is 19.6 Å². The molecule has 2 N–H and O–H groups in total. The van der Waals surface area contributed by atoms with Crippen molar-refractivity contribution >= 4 is 10.0 Å². The van der Waals surface area contributed by atoms with Crippen LogP contribution in [0.15, 0.2) is 0 Å². The van der Waals surface area contributed by atoms with Gasteiger partial charge in [0.05, 0.1) is 5.25 Å². The Balaban J connectivity index is 1.64. The molecule has 0 bridgehead atoms. The van der Waals surface area contributed by atoms with Crippen LogP contribution in [-0.4, -0.2) is 33.3 Å². The molecule has 2 aliphatic rings. The maximum Gasteiger partial charge on any atom is 0.214 e. The molecule has 18 heavy (non-hydrogen) atoms. The highest BCUT2D eigenvalue weighted by Crippen LogP contribution is 2.28. The standard InChI is InChI=1S/C13H26N2O2S/c16-18(17,13-7-10-14-11-8-13)15-9-3-6-12-4-1-2-5-12/h12-15H,1-11H2. The predicted octanol–water partition coefficient (Wildman–Crippen LogP) is 1.63. The van der Waals surface area contributed by atoms with Gasteiger partial charge in [-0.25, -0.2) is 13.1 Å². The molecule has 0 amide bonds. The van der Waals surface area contributed by atoms with Gasteiger partial charge in [0.15, 0.2) is 0 Å². The molecule has 0 spiro atoms. The maximum absolute atomic E-state index is 12.0. The van der Waals surface area contributed by atoms with Crippen LogP contribution >= 0.6 is 0 Å². The van der Waals surface area contributed by atoms with E-state index in [4.69, 9.17) is 0 Å². The van der Waals surface area contributed by atoms with Crippen LogP contribution in [0, 0.1) is 5.92 Å². The molecule has 4 nitrogen and oxygen atoms in total. The summed E-state index contributed by atoms with van der Waals surface area (Å²) in [6.45, 7) is 2.28. The zero-order valence-corrected chi connectivity index (χ0v) is 12.0. The molecule has 5 heteroatoms. The normalized spacial score (nSPS) is 23.6. The number of hydrogen-bond acceptors (Lipinski definition) is 3. The fraction of sp³-hybridized carbons (Fsp3) is 1.00. The van der Waals surface area contributed by atoms with E-state index in [2.05, 4.69) is 10.0 Å². The third-order valence-electron chi connectivity index (χ3n) is 4.29. The third-order valence-corrected chi connectivity index (χ3v) is 6.25. The average molecular weight is 274 g/mol. The highest BCUT2D eigenvalue weighted by molar-refractivity contribution is 7.90. The van der Waals surface area contributed by atoms with Crippen molar-refractivity contribution in [1.29, 1.82) is 0 Å². The molecule has 2 fully saturated rings. The van der Waals surface area contributed by atoms with E-state index < -0.39 is 10.0 Å². The maximum atomic E-state index is 12.0. The highest BCUT2D eigenvalue weighted by atomic mass is 32.2. The Bertz CT molecular complexity index is 331. The van der Waals surface area contributed by atoms with Crippen LogP contribution in [0.25, 0.3) is 0 Å². The summed E-state index contributed by atoms with van der Waals surface area (Å²) in [5.74, 6) is 0.855. The second kappa shape index (κ2) is 6.87. The molecule has 1 saturated heterocycles. The first-order valence-corrected chi connectivity index (χ1v) is 8.92. The lowest BCUT2D eigenvalue weighted by Gasteiger charge is -2.23. The van der Waals surface area contributed by atoms with Gasteiger partial charge in [0, 0.05) is 6.54 Å². The Morgan fingerprint density at radius 3 is 2.39 bits per heavy atom. The van der Waals surface area contributed by atoms with Gasteiger partial charge in [-0.05, 0) is 44.7 Å². The van der Waals surface area contributed by atoms with E-state index in [1.54, 1.807) is 0 Å². The van der Waals surface area contributed by atoms with Crippen molar-refractivity contribution < 1.29 is 8.42 Å². The lowest BCUT2D eigenvalue weighted by molar-refractivity contribution is 0.470. The Hall–Kier alpha value is -0.130. The summed E-state index contributed by atoms with van der Waals surface area (Å²) >= 11 is 0. The van der Waals surface area contributed by atoms with Gasteiger partial charge in [-0.3, -0.25) is 0 Å². The summed E-state index contributed by atoms with van der Waals surface area (Å²) in [7, 11) is -3.07. The van der Waals surface area contributed by atoms with E-state index in [9.17, 15) is 8.42 Å². The number of sulfonamides is 1. The van der Waals surface area contributed by atoms with Crippen molar-refractivity contribution in [1.82, 2.24) is 10.0 Å². The van der Waals surface area contributed by atoms with Crippen LogP contribution in [-0.2, 0) is 10.0 Å². The molecule has 0 unspecified atom stereocenters. The Morgan fingerprint density at radius 1 is 1.06 bits per heavy atom. The summed E-state index contributed by atoms with van der Waals surface area (Å²) in [5.41, 5.74) is 0. The minimum absolute atomic E-state index is 0.176.